The molecule has 1 atom stereocenters. The predicted octanol–water partition coefficient (Wildman–Crippen LogP) is 2.37. The van der Waals surface area contributed by atoms with Crippen LogP contribution in [0.15, 0.2) is 66.0 Å². The molecule has 0 amide bonds. The van der Waals surface area contributed by atoms with Crippen LogP contribution in [0, 0.1) is 5.82 Å². The van der Waals surface area contributed by atoms with Gasteiger partial charge in [-0.2, -0.15) is 0 Å². The zero-order chi connectivity index (χ0) is 16.7. The standard InChI is InChI=1S/C19H17FN2O2/c20-15-8-6-13(7-9-15)17(23)16-12-19(24,14-4-2-1-3-5-14)22-11-10-21-18(16)22/h1-9,21,24H,10-12H2. The van der Waals surface area contributed by atoms with Gasteiger partial charge >= 0.3 is 0 Å². The first-order valence-electron chi connectivity index (χ1n) is 7.92. The van der Waals surface area contributed by atoms with Gasteiger partial charge in [0.05, 0.1) is 0 Å². The minimum Gasteiger partial charge on any atom is -0.370 e. The number of carbonyl (C=O) groups is 1. The summed E-state index contributed by atoms with van der Waals surface area (Å²) in [5, 5.41) is 14.5. The van der Waals surface area contributed by atoms with Crippen LogP contribution in [0.3, 0.4) is 0 Å². The number of rotatable bonds is 3. The molecule has 0 saturated carbocycles. The third kappa shape index (κ3) is 2.20. The van der Waals surface area contributed by atoms with E-state index in [0.29, 0.717) is 30.0 Å². The summed E-state index contributed by atoms with van der Waals surface area (Å²) < 4.78 is 13.1. The molecule has 0 bridgehead atoms. The molecule has 0 spiro atoms. The lowest BCUT2D eigenvalue weighted by Gasteiger charge is -2.33. The van der Waals surface area contributed by atoms with Crippen LogP contribution in [-0.4, -0.2) is 28.9 Å². The molecule has 2 aliphatic heterocycles. The van der Waals surface area contributed by atoms with Gasteiger partial charge < -0.3 is 15.3 Å². The summed E-state index contributed by atoms with van der Waals surface area (Å²) in [5.41, 5.74) is 0.480. The van der Waals surface area contributed by atoms with Crippen molar-refractivity contribution in [1.82, 2.24) is 10.2 Å². The largest absolute Gasteiger partial charge is 0.370 e. The molecule has 2 heterocycles. The normalized spacial score (nSPS) is 22.5. The third-order valence-corrected chi connectivity index (χ3v) is 4.67. The number of nitrogens with one attached hydrogen (secondary N) is 1. The Morgan fingerprint density at radius 3 is 2.54 bits per heavy atom. The average molecular weight is 324 g/mol. The summed E-state index contributed by atoms with van der Waals surface area (Å²) in [6.07, 6.45) is 0.204. The lowest BCUT2D eigenvalue weighted by Crippen LogP contribution is -2.40. The zero-order valence-corrected chi connectivity index (χ0v) is 13.0. The van der Waals surface area contributed by atoms with Crippen molar-refractivity contribution >= 4 is 5.78 Å². The Hall–Kier alpha value is -2.66. The smallest absolute Gasteiger partial charge is 0.192 e. The summed E-state index contributed by atoms with van der Waals surface area (Å²) in [5.74, 6) is 0.115. The molecule has 1 fully saturated rings. The van der Waals surface area contributed by atoms with E-state index in [4.69, 9.17) is 0 Å². The van der Waals surface area contributed by atoms with Gasteiger partial charge in [-0.3, -0.25) is 4.79 Å². The van der Waals surface area contributed by atoms with E-state index in [1.165, 1.54) is 24.3 Å². The Morgan fingerprint density at radius 2 is 1.83 bits per heavy atom. The van der Waals surface area contributed by atoms with E-state index >= 15 is 0 Å². The minimum atomic E-state index is -1.23. The van der Waals surface area contributed by atoms with Gasteiger partial charge in [0, 0.05) is 36.2 Å². The average Bonchev–Trinajstić information content (AvgIpc) is 3.19. The summed E-state index contributed by atoms with van der Waals surface area (Å²) >= 11 is 0. The fraction of sp³-hybridized carbons (Fsp3) is 0.211. The molecule has 0 aromatic heterocycles. The fourth-order valence-corrected chi connectivity index (χ4v) is 3.48. The van der Waals surface area contributed by atoms with Crippen LogP contribution in [0.4, 0.5) is 4.39 Å². The molecule has 2 N–H and O–H groups in total. The highest BCUT2D eigenvalue weighted by molar-refractivity contribution is 6.09. The van der Waals surface area contributed by atoms with Gasteiger partial charge in [-0.15, -0.1) is 0 Å². The molecule has 122 valence electrons. The van der Waals surface area contributed by atoms with Crippen molar-refractivity contribution in [3.8, 4) is 0 Å². The second-order valence-electron chi connectivity index (χ2n) is 6.10. The Kier molecular flexibility index (Phi) is 3.39. The van der Waals surface area contributed by atoms with E-state index in [-0.39, 0.29) is 18.0 Å². The maximum Gasteiger partial charge on any atom is 0.192 e. The number of hydrogen-bond acceptors (Lipinski definition) is 4. The number of benzene rings is 2. The van der Waals surface area contributed by atoms with E-state index in [1.807, 2.05) is 35.2 Å². The summed E-state index contributed by atoms with van der Waals surface area (Å²) in [4.78, 5) is 14.7. The molecule has 2 aromatic rings. The van der Waals surface area contributed by atoms with Gasteiger partial charge in [0.1, 0.15) is 11.6 Å². The van der Waals surface area contributed by atoms with Crippen molar-refractivity contribution in [2.75, 3.05) is 13.1 Å². The molecule has 4 nitrogen and oxygen atoms in total. The van der Waals surface area contributed by atoms with Crippen molar-refractivity contribution in [3.63, 3.8) is 0 Å². The molecule has 5 heteroatoms. The molecule has 1 unspecified atom stereocenters. The Bertz CT molecular complexity index is 817. The number of halogens is 1. The van der Waals surface area contributed by atoms with Crippen LogP contribution in [-0.2, 0) is 5.72 Å². The van der Waals surface area contributed by atoms with Crippen LogP contribution in [0.2, 0.25) is 0 Å². The molecular weight excluding hydrogens is 307 g/mol. The number of hydrogen-bond donors (Lipinski definition) is 2. The molecular formula is C19H17FN2O2. The second kappa shape index (κ2) is 5.46. The number of Topliss-reactive ketones (excluding diaryl/α,β-unsaturated/α-hetero) is 1. The summed E-state index contributed by atoms with van der Waals surface area (Å²) in [7, 11) is 0. The second-order valence-corrected chi connectivity index (χ2v) is 6.10. The number of nitrogens with zero attached hydrogens (tertiary/aromatic N) is 1. The number of carbonyl (C=O) groups excluding carboxylic acids is 1. The van der Waals surface area contributed by atoms with Crippen LogP contribution < -0.4 is 5.32 Å². The lowest BCUT2D eigenvalue weighted by atomic mass is 9.93. The van der Waals surface area contributed by atoms with Crippen molar-refractivity contribution in [2.45, 2.75) is 12.1 Å². The Balaban J connectivity index is 1.73. The van der Waals surface area contributed by atoms with E-state index < -0.39 is 5.72 Å². The molecule has 24 heavy (non-hydrogen) atoms. The van der Waals surface area contributed by atoms with Gasteiger partial charge in [0.25, 0.3) is 0 Å². The zero-order valence-electron chi connectivity index (χ0n) is 13.0. The van der Waals surface area contributed by atoms with E-state index in [9.17, 15) is 14.3 Å². The number of aliphatic hydroxyl groups is 1. The maximum absolute atomic E-state index is 13.1. The van der Waals surface area contributed by atoms with Crippen molar-refractivity contribution in [1.29, 1.82) is 0 Å². The lowest BCUT2D eigenvalue weighted by molar-refractivity contribution is -0.0744. The van der Waals surface area contributed by atoms with Crippen LogP contribution in [0.5, 0.6) is 0 Å². The van der Waals surface area contributed by atoms with Crippen LogP contribution in [0.1, 0.15) is 22.3 Å². The van der Waals surface area contributed by atoms with E-state index in [0.717, 1.165) is 5.56 Å². The van der Waals surface area contributed by atoms with Gasteiger partial charge in [-0.05, 0) is 24.3 Å². The van der Waals surface area contributed by atoms with E-state index in [2.05, 4.69) is 5.32 Å². The van der Waals surface area contributed by atoms with Crippen molar-refractivity contribution in [2.24, 2.45) is 0 Å². The Morgan fingerprint density at radius 1 is 1.12 bits per heavy atom. The van der Waals surface area contributed by atoms with Gasteiger partial charge in [-0.1, -0.05) is 30.3 Å². The summed E-state index contributed by atoms with van der Waals surface area (Å²) in [6, 6.07) is 14.9. The van der Waals surface area contributed by atoms with Gasteiger partial charge in [-0.25, -0.2) is 4.39 Å². The predicted molar refractivity (Wildman–Crippen MR) is 87.4 cm³/mol. The molecule has 2 aromatic carbocycles. The number of fused-ring (bicyclic) bond motifs is 1. The van der Waals surface area contributed by atoms with Crippen molar-refractivity contribution in [3.05, 3.63) is 82.9 Å². The Labute approximate surface area is 139 Å². The van der Waals surface area contributed by atoms with Gasteiger partial charge in [0.2, 0.25) is 0 Å². The monoisotopic (exact) mass is 324 g/mol. The molecule has 2 aliphatic rings. The SMILES string of the molecule is O=C(C1=C2NCCN2C(O)(c2ccccc2)C1)c1ccc(F)cc1. The van der Waals surface area contributed by atoms with Crippen LogP contribution >= 0.6 is 0 Å². The van der Waals surface area contributed by atoms with E-state index in [1.54, 1.807) is 0 Å². The first-order chi connectivity index (χ1) is 11.6. The first kappa shape index (κ1) is 14.9. The highest BCUT2D eigenvalue weighted by Crippen LogP contribution is 2.43. The molecule has 1 saturated heterocycles. The van der Waals surface area contributed by atoms with Crippen LogP contribution in [0.25, 0.3) is 0 Å². The third-order valence-electron chi connectivity index (χ3n) is 4.67. The summed E-state index contributed by atoms with van der Waals surface area (Å²) in [6.45, 7) is 1.30. The topological polar surface area (TPSA) is 52.6 Å². The van der Waals surface area contributed by atoms with Gasteiger partial charge in [0.15, 0.2) is 11.5 Å². The highest BCUT2D eigenvalue weighted by Gasteiger charge is 2.48. The molecule has 4 rings (SSSR count). The molecule has 0 radical (unpaired) electrons. The fourth-order valence-electron chi connectivity index (χ4n) is 3.48. The quantitative estimate of drug-likeness (QED) is 0.851. The minimum absolute atomic E-state index is 0.184. The number of ketones is 1. The van der Waals surface area contributed by atoms with Crippen molar-refractivity contribution < 1.29 is 14.3 Å². The molecule has 0 aliphatic carbocycles. The first-order valence-corrected chi connectivity index (χ1v) is 7.92. The highest BCUT2D eigenvalue weighted by atomic mass is 19.1. The maximum atomic E-state index is 13.1.